The fourth-order valence-electron chi connectivity index (χ4n) is 2.31. The van der Waals surface area contributed by atoms with Gasteiger partial charge in [-0.15, -0.1) is 3.63 Å². The van der Waals surface area contributed by atoms with Crippen LogP contribution in [0, 0.1) is 0 Å². The summed E-state index contributed by atoms with van der Waals surface area (Å²) in [5, 5.41) is 18.2. The Kier molecular flexibility index (Phi) is 17.7. The smallest absolute Gasteiger partial charge is 0.392 e. The van der Waals surface area contributed by atoms with E-state index < -0.39 is 20.8 Å². The van der Waals surface area contributed by atoms with E-state index in [1.807, 2.05) is 13.0 Å². The van der Waals surface area contributed by atoms with Crippen LogP contribution in [0.2, 0.25) is 0 Å². The summed E-state index contributed by atoms with van der Waals surface area (Å²) in [6.45, 7) is 8.74. The zero-order valence-electron chi connectivity index (χ0n) is 18.6. The Labute approximate surface area is 186 Å². The van der Waals surface area contributed by atoms with E-state index in [1.165, 1.54) is 16.7 Å². The second-order valence-electron chi connectivity index (χ2n) is 7.13. The van der Waals surface area contributed by atoms with Crippen molar-refractivity contribution < 1.29 is 39.8 Å². The lowest BCUT2D eigenvalue weighted by Gasteiger charge is -2.04. The number of aliphatic hydroxyl groups excluding tert-OH is 2. The Morgan fingerprint density at radius 3 is 1.55 bits per heavy atom. The fraction of sp³-hybridized carbons (Fsp3) is 0.600. The van der Waals surface area contributed by atoms with Crippen LogP contribution in [-0.4, -0.2) is 49.4 Å². The fourth-order valence-corrected chi connectivity index (χ4v) is 3.18. The average Bonchev–Trinajstić information content (AvgIpc) is 2.57. The highest BCUT2D eigenvalue weighted by Gasteiger charge is 2.15. The average molecular weight is 485 g/mol. The summed E-state index contributed by atoms with van der Waals surface area (Å²) in [6, 6.07) is 0. The lowest BCUT2D eigenvalue weighted by Crippen LogP contribution is -2.10. The summed E-state index contributed by atoms with van der Waals surface area (Å²) in [5.41, 5.74) is 5.12. The van der Waals surface area contributed by atoms with Gasteiger partial charge in [0.1, 0.15) is 0 Å². The normalized spacial score (nSPS) is 13.5. The first-order chi connectivity index (χ1) is 14.2. The molecule has 0 aromatic rings. The number of allylic oxidation sites excluding steroid dienone is 6. The highest BCUT2D eigenvalue weighted by atomic mass is 32.3. The number of hydrogen-bond donors (Lipinski definition) is 4. The van der Waals surface area contributed by atoms with E-state index in [4.69, 9.17) is 14.2 Å². The third-order valence-corrected chi connectivity index (χ3v) is 5.21. The van der Waals surface area contributed by atoms with Crippen LogP contribution in [0.5, 0.6) is 0 Å². The zero-order chi connectivity index (χ0) is 24.5. The van der Waals surface area contributed by atoms with Crippen molar-refractivity contribution >= 4 is 20.8 Å². The van der Waals surface area contributed by atoms with Gasteiger partial charge >= 0.3 is 20.8 Å². The summed E-state index contributed by atoms with van der Waals surface area (Å²) >= 11 is 0. The van der Waals surface area contributed by atoms with E-state index in [0.29, 0.717) is 0 Å². The van der Waals surface area contributed by atoms with Crippen molar-refractivity contribution in [3.63, 3.8) is 0 Å². The summed E-state index contributed by atoms with van der Waals surface area (Å²) in [5.74, 6) is 0. The molecule has 0 spiro atoms. The van der Waals surface area contributed by atoms with Gasteiger partial charge in [-0.05, 0) is 71.8 Å². The molecule has 0 atom stereocenters. The maximum Gasteiger partial charge on any atom is 0.413 e. The molecular weight excluding hydrogens is 448 g/mol. The number of hydrogen-bond acceptors (Lipinski definition) is 7. The largest absolute Gasteiger partial charge is 0.413 e. The molecule has 0 aromatic heterocycles. The molecule has 0 aliphatic rings. The SMILES string of the molecule is CC(C)=CCCC(C)=CCCC(=CCCC(C)=CCO)CO.O=S(=O)(O)OS(=O)(=O)O. The quantitative estimate of drug-likeness (QED) is 0.226. The highest BCUT2D eigenvalue weighted by Crippen LogP contribution is 2.13. The zero-order valence-corrected chi connectivity index (χ0v) is 20.2. The Balaban J connectivity index is 0. The van der Waals surface area contributed by atoms with Crippen LogP contribution < -0.4 is 0 Å². The van der Waals surface area contributed by atoms with Crippen LogP contribution in [0.4, 0.5) is 0 Å². The molecular formula is C20H36O9S2. The molecule has 0 saturated carbocycles. The van der Waals surface area contributed by atoms with Crippen molar-refractivity contribution in [3.05, 3.63) is 46.6 Å². The van der Waals surface area contributed by atoms with Gasteiger partial charge in [-0.25, -0.2) is 0 Å². The van der Waals surface area contributed by atoms with Crippen LogP contribution in [0.1, 0.15) is 66.2 Å². The number of rotatable bonds is 13. The van der Waals surface area contributed by atoms with Crippen LogP contribution in [0.3, 0.4) is 0 Å². The Morgan fingerprint density at radius 2 is 1.16 bits per heavy atom. The van der Waals surface area contributed by atoms with Crippen LogP contribution in [0.25, 0.3) is 0 Å². The van der Waals surface area contributed by atoms with Crippen molar-refractivity contribution in [3.8, 4) is 0 Å². The third-order valence-electron chi connectivity index (χ3n) is 3.84. The molecule has 31 heavy (non-hydrogen) atoms. The van der Waals surface area contributed by atoms with Crippen molar-refractivity contribution in [2.24, 2.45) is 0 Å². The lowest BCUT2D eigenvalue weighted by atomic mass is 10.0. The monoisotopic (exact) mass is 484 g/mol. The predicted molar refractivity (Wildman–Crippen MR) is 121 cm³/mol. The maximum absolute atomic E-state index is 9.44. The second-order valence-corrected chi connectivity index (χ2v) is 9.38. The molecule has 0 bridgehead atoms. The first-order valence-corrected chi connectivity index (χ1v) is 12.4. The predicted octanol–water partition coefficient (Wildman–Crippen LogP) is 3.71. The Hall–Kier alpha value is -1.34. The van der Waals surface area contributed by atoms with Crippen LogP contribution in [-0.2, 0) is 24.4 Å². The van der Waals surface area contributed by atoms with Gasteiger partial charge in [0.25, 0.3) is 0 Å². The van der Waals surface area contributed by atoms with E-state index in [-0.39, 0.29) is 13.2 Å². The van der Waals surface area contributed by atoms with Crippen molar-refractivity contribution in [1.82, 2.24) is 0 Å². The molecule has 0 aliphatic carbocycles. The standard InChI is InChI=1S/C20H34O2.H2O7S2/c1-17(2)8-5-9-18(3)10-6-12-20(16-22)13-7-11-19(4)14-15-21;1-8(2,3)7-9(4,5)6/h8,10,13-14,21-22H,5-7,9,11-12,15-16H2,1-4H3;(H,1,2,3)(H,4,5,6). The van der Waals surface area contributed by atoms with E-state index in [2.05, 4.69) is 42.6 Å². The van der Waals surface area contributed by atoms with Crippen LogP contribution in [0.15, 0.2) is 46.6 Å². The summed E-state index contributed by atoms with van der Waals surface area (Å²) < 4.78 is 55.6. The van der Waals surface area contributed by atoms with Gasteiger partial charge in [-0.1, -0.05) is 41.0 Å². The highest BCUT2D eigenvalue weighted by molar-refractivity contribution is 7.94. The van der Waals surface area contributed by atoms with E-state index in [9.17, 15) is 21.9 Å². The second kappa shape index (κ2) is 17.2. The number of aliphatic hydroxyl groups is 2. The first kappa shape index (κ1) is 31.8. The first-order valence-electron chi connectivity index (χ1n) is 9.70. The molecule has 0 fully saturated rings. The lowest BCUT2D eigenvalue weighted by molar-refractivity contribution is 0.326. The molecule has 0 unspecified atom stereocenters. The Bertz CT molecular complexity index is 800. The molecule has 0 heterocycles. The molecule has 0 rings (SSSR count). The molecule has 9 nitrogen and oxygen atoms in total. The van der Waals surface area contributed by atoms with Gasteiger partial charge in [-0.3, -0.25) is 9.11 Å². The van der Waals surface area contributed by atoms with Gasteiger partial charge in [-0.2, -0.15) is 16.8 Å². The van der Waals surface area contributed by atoms with E-state index in [0.717, 1.165) is 44.1 Å². The van der Waals surface area contributed by atoms with Gasteiger partial charge in [0.15, 0.2) is 0 Å². The van der Waals surface area contributed by atoms with Gasteiger partial charge < -0.3 is 10.2 Å². The van der Waals surface area contributed by atoms with Crippen molar-refractivity contribution in [2.45, 2.75) is 66.2 Å². The van der Waals surface area contributed by atoms with E-state index >= 15 is 0 Å². The Morgan fingerprint density at radius 1 is 0.710 bits per heavy atom. The van der Waals surface area contributed by atoms with Crippen molar-refractivity contribution in [2.75, 3.05) is 13.2 Å². The molecule has 4 N–H and O–H groups in total. The molecule has 0 amide bonds. The third kappa shape index (κ3) is 26.6. The summed E-state index contributed by atoms with van der Waals surface area (Å²) in [6.07, 6.45) is 14.6. The van der Waals surface area contributed by atoms with Crippen molar-refractivity contribution in [1.29, 1.82) is 0 Å². The van der Waals surface area contributed by atoms with Gasteiger partial charge in [0.05, 0.1) is 13.2 Å². The van der Waals surface area contributed by atoms with Crippen LogP contribution >= 0.6 is 0 Å². The molecule has 0 saturated heterocycles. The molecule has 0 aromatic carbocycles. The maximum atomic E-state index is 9.44. The molecule has 0 aliphatic heterocycles. The summed E-state index contributed by atoms with van der Waals surface area (Å²) in [7, 11) is -10.2. The van der Waals surface area contributed by atoms with E-state index in [1.54, 1.807) is 0 Å². The molecule has 11 heteroatoms. The summed E-state index contributed by atoms with van der Waals surface area (Å²) in [4.78, 5) is 0. The minimum atomic E-state index is -5.12. The topological polar surface area (TPSA) is 158 Å². The minimum Gasteiger partial charge on any atom is -0.392 e. The van der Waals surface area contributed by atoms with Gasteiger partial charge in [0, 0.05) is 0 Å². The molecule has 0 radical (unpaired) electrons. The molecule has 182 valence electrons. The van der Waals surface area contributed by atoms with Gasteiger partial charge in [0.2, 0.25) is 0 Å². The minimum absolute atomic E-state index is 0.110.